The summed E-state index contributed by atoms with van der Waals surface area (Å²) in [6, 6.07) is 0. The first-order valence-corrected chi connectivity index (χ1v) is 1.02. The van der Waals surface area contributed by atoms with Crippen LogP contribution in [0.4, 0.5) is 0 Å². The normalized spacial score (nSPS) is 4.50. The van der Waals surface area contributed by atoms with E-state index in [0.29, 0.717) is 0 Å². The van der Waals surface area contributed by atoms with Gasteiger partial charge in [-0.15, -0.1) is 0 Å². The van der Waals surface area contributed by atoms with Crippen LogP contribution in [0.3, 0.4) is 0 Å². The molecule has 0 aromatic heterocycles. The first-order valence-electron chi connectivity index (χ1n) is 1.02. The van der Waals surface area contributed by atoms with Gasteiger partial charge in [0.1, 0.15) is 0 Å². The fourth-order valence-electron chi connectivity index (χ4n) is 0. The van der Waals surface area contributed by atoms with Crippen LogP contribution in [0.1, 0.15) is 8.35 Å². The molecule has 0 atom stereocenters. The largest absolute Gasteiger partial charge is 1.00 e. The Morgan fingerprint density at radius 3 is 2.00 bits per heavy atom. The summed E-state index contributed by atoms with van der Waals surface area (Å²) in [4.78, 5) is 0. The first-order chi connectivity index (χ1) is 1.41. The van der Waals surface area contributed by atoms with Crippen LogP contribution in [0.2, 0.25) is 0 Å². The molecule has 1 N–H and O–H groups in total. The van der Waals surface area contributed by atoms with Crippen molar-refractivity contribution in [3.8, 4) is 0 Å². The molecule has 0 saturated heterocycles. The smallest absolute Gasteiger partial charge is 1.00 e. The van der Waals surface area contributed by atoms with E-state index in [0.717, 1.165) is 0 Å². The van der Waals surface area contributed by atoms with E-state index in [2.05, 4.69) is 0 Å². The van der Waals surface area contributed by atoms with E-state index >= 15 is 0 Å². The maximum absolute atomic E-state index is 7.57. The monoisotopic (exact) mass is 66.0 g/mol. The highest BCUT2D eigenvalue weighted by molar-refractivity contribution is 3.84. The SMILES string of the molecule is CCO.[F-].[H+]. The first kappa shape index (κ1) is 9.10. The highest BCUT2D eigenvalue weighted by atomic mass is 19.0. The van der Waals surface area contributed by atoms with Gasteiger partial charge in [0, 0.05) is 6.61 Å². The molecule has 0 rings (SSSR count). The molecule has 0 amide bonds. The molecule has 0 radical (unpaired) electrons. The van der Waals surface area contributed by atoms with E-state index in [4.69, 9.17) is 5.11 Å². The Bertz CT molecular complexity index is 9.61. The van der Waals surface area contributed by atoms with Gasteiger partial charge in [-0.05, 0) is 6.92 Å². The summed E-state index contributed by atoms with van der Waals surface area (Å²) in [5.74, 6) is 0. The topological polar surface area (TPSA) is 20.2 Å². The van der Waals surface area contributed by atoms with Crippen LogP contribution < -0.4 is 4.70 Å². The third-order valence-corrected chi connectivity index (χ3v) is 0. The second-order valence-corrected chi connectivity index (χ2v) is 0.316. The minimum atomic E-state index is 0. The van der Waals surface area contributed by atoms with Crippen molar-refractivity contribution in [2.75, 3.05) is 6.61 Å². The van der Waals surface area contributed by atoms with Crippen molar-refractivity contribution in [1.82, 2.24) is 0 Å². The molecule has 4 heavy (non-hydrogen) atoms. The van der Waals surface area contributed by atoms with Crippen LogP contribution in [0.25, 0.3) is 0 Å². The second-order valence-electron chi connectivity index (χ2n) is 0.316. The highest BCUT2D eigenvalue weighted by Gasteiger charge is 1.34. The number of aliphatic hydroxyl groups is 1. The maximum atomic E-state index is 7.57. The average molecular weight is 66.1 g/mol. The summed E-state index contributed by atoms with van der Waals surface area (Å²) >= 11 is 0. The van der Waals surface area contributed by atoms with E-state index in [1.165, 1.54) is 0 Å². The van der Waals surface area contributed by atoms with Crippen LogP contribution in [-0.2, 0) is 0 Å². The molecular formula is C2H7FO. The van der Waals surface area contributed by atoms with E-state index in [9.17, 15) is 0 Å². The molecule has 0 aliphatic rings. The van der Waals surface area contributed by atoms with Crippen molar-refractivity contribution < 1.29 is 11.2 Å². The lowest BCUT2D eigenvalue weighted by Gasteiger charge is -1.52. The Balaban J connectivity index is -0.0000000200. The summed E-state index contributed by atoms with van der Waals surface area (Å²) in [5.41, 5.74) is 0. The van der Waals surface area contributed by atoms with E-state index in [1.807, 2.05) is 0 Å². The van der Waals surface area contributed by atoms with Crippen molar-refractivity contribution >= 4 is 0 Å². The van der Waals surface area contributed by atoms with Gasteiger partial charge in [-0.3, -0.25) is 0 Å². The summed E-state index contributed by atoms with van der Waals surface area (Å²) < 4.78 is 0. The number of halogens is 1. The Kier molecular flexibility index (Phi) is 29.6. The molecule has 28 valence electrons. The van der Waals surface area contributed by atoms with Crippen LogP contribution in [0.5, 0.6) is 0 Å². The van der Waals surface area contributed by atoms with Gasteiger partial charge in [-0.25, -0.2) is 0 Å². The van der Waals surface area contributed by atoms with Crippen molar-refractivity contribution in [3.05, 3.63) is 0 Å². The van der Waals surface area contributed by atoms with Gasteiger partial charge in [-0.1, -0.05) is 0 Å². The predicted molar refractivity (Wildman–Crippen MR) is 13.9 cm³/mol. The van der Waals surface area contributed by atoms with Crippen molar-refractivity contribution in [1.29, 1.82) is 0 Å². The second kappa shape index (κ2) is 13.0. The van der Waals surface area contributed by atoms with Gasteiger partial charge in [0.2, 0.25) is 0 Å². The lowest BCUT2D eigenvalue weighted by molar-refractivity contribution is -0.00000194. The van der Waals surface area contributed by atoms with E-state index in [1.54, 1.807) is 6.92 Å². The molecule has 0 aromatic carbocycles. The number of rotatable bonds is 0. The fraction of sp³-hybridized carbons (Fsp3) is 1.00. The van der Waals surface area contributed by atoms with Gasteiger partial charge in [0.05, 0.1) is 0 Å². The minimum Gasteiger partial charge on any atom is -1.00 e. The van der Waals surface area contributed by atoms with Crippen LogP contribution in [0.15, 0.2) is 0 Å². The van der Waals surface area contributed by atoms with Crippen molar-refractivity contribution in [3.63, 3.8) is 0 Å². The average Bonchev–Trinajstić information content (AvgIpc) is 0.918. The summed E-state index contributed by atoms with van der Waals surface area (Å²) in [6.45, 7) is 1.93. The fourth-order valence-corrected chi connectivity index (χ4v) is 0. The van der Waals surface area contributed by atoms with E-state index < -0.39 is 0 Å². The van der Waals surface area contributed by atoms with Crippen LogP contribution in [0, 0.1) is 0 Å². The van der Waals surface area contributed by atoms with Crippen molar-refractivity contribution in [2.24, 2.45) is 0 Å². The maximum Gasteiger partial charge on any atom is 1.00 e. The summed E-state index contributed by atoms with van der Waals surface area (Å²) in [7, 11) is 0. The zero-order valence-corrected chi connectivity index (χ0v) is 2.53. The Morgan fingerprint density at radius 1 is 2.00 bits per heavy atom. The lowest BCUT2D eigenvalue weighted by atomic mass is 10.9. The predicted octanol–water partition coefficient (Wildman–Crippen LogP) is -2.88. The summed E-state index contributed by atoms with van der Waals surface area (Å²) in [5, 5.41) is 7.57. The zero-order valence-electron chi connectivity index (χ0n) is 3.53. The van der Waals surface area contributed by atoms with Gasteiger partial charge in [0.25, 0.3) is 0 Å². The molecule has 2 heteroatoms. The number of aliphatic hydroxyl groups excluding tert-OH is 1. The van der Waals surface area contributed by atoms with Crippen LogP contribution >= 0.6 is 0 Å². The Morgan fingerprint density at radius 2 is 2.00 bits per heavy atom. The van der Waals surface area contributed by atoms with Gasteiger partial charge >= 0.3 is 1.43 Å². The molecule has 0 aliphatic carbocycles. The standard InChI is InChI=1S/C2H6O.FH/c1-2-3;/h3H,2H2,1H3;1H. The Hall–Kier alpha value is -0.110. The molecule has 0 aromatic rings. The molecular weight excluding hydrogens is 59.0 g/mol. The molecule has 0 unspecified atom stereocenters. The molecule has 0 saturated carbocycles. The van der Waals surface area contributed by atoms with Gasteiger partial charge < -0.3 is 9.81 Å². The third-order valence-electron chi connectivity index (χ3n) is 0. The van der Waals surface area contributed by atoms with Crippen LogP contribution in [-0.4, -0.2) is 11.7 Å². The highest BCUT2D eigenvalue weighted by Crippen LogP contribution is 1.30. The van der Waals surface area contributed by atoms with Crippen molar-refractivity contribution in [2.45, 2.75) is 6.92 Å². The minimum absolute atomic E-state index is 0. The van der Waals surface area contributed by atoms with E-state index in [-0.39, 0.29) is 12.7 Å². The molecule has 0 bridgehead atoms. The number of hydrogen-bond acceptors (Lipinski definition) is 1. The lowest BCUT2D eigenvalue weighted by Crippen LogP contribution is -3.00. The quantitative estimate of drug-likeness (QED) is 0.322. The molecule has 1 nitrogen and oxygen atoms in total. The molecule has 0 heterocycles. The van der Waals surface area contributed by atoms with Gasteiger partial charge in [0.15, 0.2) is 0 Å². The Labute approximate surface area is 26.1 Å². The molecule has 0 fully saturated rings. The zero-order chi connectivity index (χ0) is 2.71. The summed E-state index contributed by atoms with van der Waals surface area (Å²) in [6.07, 6.45) is 0. The number of hydrogen-bond donors (Lipinski definition) is 1. The molecule has 0 aliphatic heterocycles. The third kappa shape index (κ3) is 124. The van der Waals surface area contributed by atoms with Gasteiger partial charge in [-0.2, -0.15) is 0 Å². The molecule has 0 spiro atoms.